The Balaban J connectivity index is 1.70. The molecule has 33 heavy (non-hydrogen) atoms. The Morgan fingerprint density at radius 1 is 0.939 bits per heavy atom. The zero-order valence-corrected chi connectivity index (χ0v) is 20.1. The minimum atomic E-state index is -0.636. The number of nitrogens with one attached hydrogen (secondary N) is 2. The fourth-order valence-corrected chi connectivity index (χ4v) is 4.16. The molecule has 1 fully saturated rings. The molecule has 0 unspecified atom stereocenters. The number of carbonyl (C=O) groups is 3. The van der Waals surface area contributed by atoms with Gasteiger partial charge >= 0.3 is 0 Å². The lowest BCUT2D eigenvalue weighted by molar-refractivity contribution is -0.125. The van der Waals surface area contributed by atoms with Gasteiger partial charge in [0.05, 0.1) is 0 Å². The van der Waals surface area contributed by atoms with Gasteiger partial charge in [0.25, 0.3) is 11.8 Å². The van der Waals surface area contributed by atoms with Crippen molar-refractivity contribution in [2.24, 2.45) is 5.92 Å². The number of amides is 3. The molecule has 3 rings (SSSR count). The maximum atomic E-state index is 13.1. The molecule has 1 saturated heterocycles. The average Bonchev–Trinajstić information content (AvgIpc) is 2.82. The van der Waals surface area contributed by atoms with Crippen LogP contribution in [0.4, 0.5) is 0 Å². The molecule has 0 spiro atoms. The predicted molar refractivity (Wildman–Crippen MR) is 130 cm³/mol. The van der Waals surface area contributed by atoms with Crippen LogP contribution in [0, 0.1) is 19.8 Å². The third-order valence-corrected chi connectivity index (χ3v) is 6.45. The summed E-state index contributed by atoms with van der Waals surface area (Å²) in [4.78, 5) is 40.8. The minimum Gasteiger partial charge on any atom is -0.352 e. The molecule has 2 aromatic carbocycles. The number of nitrogens with zero attached hydrogens (tertiary/aromatic N) is 1. The van der Waals surface area contributed by atoms with Crippen molar-refractivity contribution in [3.05, 3.63) is 70.8 Å². The summed E-state index contributed by atoms with van der Waals surface area (Å²) in [6, 6.07) is 14.3. The molecule has 6 nitrogen and oxygen atoms in total. The van der Waals surface area contributed by atoms with E-state index in [1.807, 2.05) is 75.1 Å². The van der Waals surface area contributed by atoms with E-state index in [4.69, 9.17) is 0 Å². The third-order valence-electron chi connectivity index (χ3n) is 6.45. The molecule has 2 atom stereocenters. The van der Waals surface area contributed by atoms with Gasteiger partial charge in [0.1, 0.15) is 6.04 Å². The second-order valence-corrected chi connectivity index (χ2v) is 9.13. The summed E-state index contributed by atoms with van der Waals surface area (Å²) < 4.78 is 0. The minimum absolute atomic E-state index is 0.0119. The van der Waals surface area contributed by atoms with Crippen molar-refractivity contribution in [3.8, 4) is 0 Å². The summed E-state index contributed by atoms with van der Waals surface area (Å²) in [5.41, 5.74) is 3.33. The number of piperidine rings is 1. The maximum absolute atomic E-state index is 13.1. The van der Waals surface area contributed by atoms with Crippen LogP contribution in [0.1, 0.15) is 65.0 Å². The Morgan fingerprint density at radius 2 is 1.61 bits per heavy atom. The summed E-state index contributed by atoms with van der Waals surface area (Å²) in [6.07, 6.45) is 2.13. The van der Waals surface area contributed by atoms with Gasteiger partial charge in [-0.05, 0) is 70.2 Å². The molecule has 0 aliphatic carbocycles. The van der Waals surface area contributed by atoms with Crippen molar-refractivity contribution in [2.75, 3.05) is 13.1 Å². The summed E-state index contributed by atoms with van der Waals surface area (Å²) >= 11 is 0. The molecule has 0 radical (unpaired) electrons. The van der Waals surface area contributed by atoms with Gasteiger partial charge in [-0.25, -0.2) is 0 Å². The number of carbonyl (C=O) groups excluding carboxylic acids is 3. The number of benzene rings is 2. The van der Waals surface area contributed by atoms with Crippen LogP contribution in [-0.4, -0.2) is 47.8 Å². The van der Waals surface area contributed by atoms with E-state index in [-0.39, 0.29) is 29.7 Å². The van der Waals surface area contributed by atoms with Gasteiger partial charge in [0.2, 0.25) is 5.91 Å². The highest BCUT2D eigenvalue weighted by molar-refractivity contribution is 5.98. The maximum Gasteiger partial charge on any atom is 0.253 e. The van der Waals surface area contributed by atoms with E-state index in [2.05, 4.69) is 10.6 Å². The van der Waals surface area contributed by atoms with Crippen LogP contribution < -0.4 is 10.6 Å². The fourth-order valence-electron chi connectivity index (χ4n) is 4.16. The molecule has 176 valence electrons. The highest BCUT2D eigenvalue weighted by atomic mass is 16.2. The summed E-state index contributed by atoms with van der Waals surface area (Å²) in [7, 11) is 0. The molecule has 1 aliphatic heterocycles. The normalized spacial score (nSPS) is 16.1. The highest BCUT2D eigenvalue weighted by Crippen LogP contribution is 2.23. The van der Waals surface area contributed by atoms with Crippen LogP contribution in [0.3, 0.4) is 0 Å². The quantitative estimate of drug-likeness (QED) is 0.674. The van der Waals surface area contributed by atoms with Crippen LogP contribution in [-0.2, 0) is 4.79 Å². The molecular formula is C27H35N3O3. The molecule has 1 aliphatic rings. The summed E-state index contributed by atoms with van der Waals surface area (Å²) in [6.45, 7) is 9.02. The molecule has 0 saturated carbocycles. The average molecular weight is 450 g/mol. The van der Waals surface area contributed by atoms with Gasteiger partial charge in [-0.1, -0.05) is 42.3 Å². The van der Waals surface area contributed by atoms with Crippen LogP contribution in [0.15, 0.2) is 48.5 Å². The van der Waals surface area contributed by atoms with E-state index in [9.17, 15) is 14.4 Å². The zero-order chi connectivity index (χ0) is 24.0. The van der Waals surface area contributed by atoms with E-state index in [1.54, 1.807) is 6.07 Å². The molecular weight excluding hydrogens is 414 g/mol. The van der Waals surface area contributed by atoms with E-state index in [0.29, 0.717) is 37.1 Å². The van der Waals surface area contributed by atoms with Gasteiger partial charge < -0.3 is 15.5 Å². The fraction of sp³-hybridized carbons (Fsp3) is 0.444. The molecule has 0 bridgehead atoms. The predicted octanol–water partition coefficient (Wildman–Crippen LogP) is 3.87. The van der Waals surface area contributed by atoms with Gasteiger partial charge in [0, 0.05) is 30.3 Å². The highest BCUT2D eigenvalue weighted by Gasteiger charge is 2.34. The monoisotopic (exact) mass is 449 g/mol. The Labute approximate surface area is 196 Å². The molecule has 6 heteroatoms. The molecule has 2 aromatic rings. The summed E-state index contributed by atoms with van der Waals surface area (Å²) in [5.74, 6) is -0.433. The van der Waals surface area contributed by atoms with Crippen molar-refractivity contribution in [2.45, 2.75) is 59.0 Å². The van der Waals surface area contributed by atoms with Crippen molar-refractivity contribution in [1.29, 1.82) is 0 Å². The SMILES string of the molecule is CC[C@H](C)NC(=O)[C@@H](NC(=O)c1cccc(C)c1)C1CCN(C(=O)c2ccc(C)cc2)CC1. The van der Waals surface area contributed by atoms with Crippen LogP contribution in [0.2, 0.25) is 0 Å². The van der Waals surface area contributed by atoms with E-state index in [1.165, 1.54) is 0 Å². The lowest BCUT2D eigenvalue weighted by Gasteiger charge is -2.36. The van der Waals surface area contributed by atoms with Gasteiger partial charge in [0.15, 0.2) is 0 Å². The van der Waals surface area contributed by atoms with E-state index < -0.39 is 6.04 Å². The first-order chi connectivity index (χ1) is 15.8. The largest absolute Gasteiger partial charge is 0.352 e. The Morgan fingerprint density at radius 3 is 2.21 bits per heavy atom. The number of likely N-dealkylation sites (tertiary alicyclic amines) is 1. The number of hydrogen-bond donors (Lipinski definition) is 2. The van der Waals surface area contributed by atoms with E-state index in [0.717, 1.165) is 17.5 Å². The molecule has 1 heterocycles. The summed E-state index contributed by atoms with van der Waals surface area (Å²) in [5, 5.41) is 6.01. The van der Waals surface area contributed by atoms with Crippen molar-refractivity contribution in [1.82, 2.24) is 15.5 Å². The van der Waals surface area contributed by atoms with Crippen LogP contribution >= 0.6 is 0 Å². The number of aryl methyl sites for hydroxylation is 2. The number of hydrogen-bond acceptors (Lipinski definition) is 3. The van der Waals surface area contributed by atoms with E-state index >= 15 is 0 Å². The Hall–Kier alpha value is -3.15. The van der Waals surface area contributed by atoms with Gasteiger partial charge in [-0.2, -0.15) is 0 Å². The van der Waals surface area contributed by atoms with Gasteiger partial charge in [-0.3, -0.25) is 14.4 Å². The first kappa shape index (κ1) is 24.5. The molecule has 2 N–H and O–H groups in total. The Bertz CT molecular complexity index is 978. The first-order valence-corrected chi connectivity index (χ1v) is 11.8. The van der Waals surface area contributed by atoms with Crippen LogP contribution in [0.25, 0.3) is 0 Å². The smallest absolute Gasteiger partial charge is 0.253 e. The second-order valence-electron chi connectivity index (χ2n) is 9.13. The lowest BCUT2D eigenvalue weighted by Crippen LogP contribution is -2.55. The van der Waals surface area contributed by atoms with Crippen molar-refractivity contribution in [3.63, 3.8) is 0 Å². The standard InChI is InChI=1S/C27H35N3O3/c1-5-20(4)28-26(32)24(29-25(31)23-8-6-7-19(3)17-23)21-13-15-30(16-14-21)27(33)22-11-9-18(2)10-12-22/h6-12,17,20-21,24H,5,13-16H2,1-4H3,(H,28,32)(H,29,31)/t20-,24-/m0/s1. The van der Waals surface area contributed by atoms with Crippen LogP contribution in [0.5, 0.6) is 0 Å². The van der Waals surface area contributed by atoms with Crippen molar-refractivity contribution < 1.29 is 14.4 Å². The third kappa shape index (κ3) is 6.44. The van der Waals surface area contributed by atoms with Crippen molar-refractivity contribution >= 4 is 17.7 Å². The number of rotatable bonds is 7. The topological polar surface area (TPSA) is 78.5 Å². The molecule has 0 aromatic heterocycles. The second kappa shape index (κ2) is 11.1. The van der Waals surface area contributed by atoms with Gasteiger partial charge in [-0.15, -0.1) is 0 Å². The first-order valence-electron chi connectivity index (χ1n) is 11.8. The molecule has 3 amide bonds. The lowest BCUT2D eigenvalue weighted by atomic mass is 9.88. The Kier molecular flexibility index (Phi) is 8.26. The zero-order valence-electron chi connectivity index (χ0n) is 20.1.